The Labute approximate surface area is 293 Å². The number of amides is 1. The molecular formula is C38H54ClN3O5S. The largest absolute Gasteiger partial charge is 0.466 e. The average molecular weight is 700 g/mol. The number of sulfonamides is 1. The predicted octanol–water partition coefficient (Wildman–Crippen LogP) is 7.73. The number of nitrogens with zero attached hydrogens (tertiary/aromatic N) is 2. The van der Waals surface area contributed by atoms with E-state index in [1.54, 1.807) is 19.1 Å². The number of carbonyl (C=O) groups is 2. The molecule has 0 saturated carbocycles. The molecule has 4 rings (SSSR count). The molecule has 1 amide bonds. The van der Waals surface area contributed by atoms with Crippen molar-refractivity contribution in [2.75, 3.05) is 50.0 Å². The van der Waals surface area contributed by atoms with Crippen LogP contribution in [0.5, 0.6) is 0 Å². The number of hydrogen-bond donors (Lipinski definition) is 1. The van der Waals surface area contributed by atoms with E-state index in [9.17, 15) is 18.0 Å². The van der Waals surface area contributed by atoms with Crippen LogP contribution in [0, 0.1) is 11.3 Å². The number of halogens is 1. The van der Waals surface area contributed by atoms with Gasteiger partial charge < -0.3 is 9.64 Å². The van der Waals surface area contributed by atoms with Crippen molar-refractivity contribution in [1.82, 2.24) is 9.62 Å². The molecule has 1 unspecified atom stereocenters. The second-order valence-corrected chi connectivity index (χ2v) is 16.3. The van der Waals surface area contributed by atoms with Crippen LogP contribution in [0.1, 0.15) is 101 Å². The van der Waals surface area contributed by atoms with Gasteiger partial charge in [-0.25, -0.2) is 13.1 Å². The monoisotopic (exact) mass is 699 g/mol. The van der Waals surface area contributed by atoms with Crippen molar-refractivity contribution < 1.29 is 22.7 Å². The number of allylic oxidation sites excluding steroid dienone is 1. The SMILES string of the molecule is CCOC(=O)C(CC)CCCCCCS(=O)(=O)NC(=O)c1ccc(N2CCN(CC3=C(c4ccc(Cl)cc4)CCC(C)(C)C3)CC2)cc1. The summed E-state index contributed by atoms with van der Waals surface area (Å²) in [5, 5.41) is 0.764. The number of esters is 1. The number of carbonyl (C=O) groups excluding carboxylic acids is 2. The fraction of sp³-hybridized carbons (Fsp3) is 0.579. The van der Waals surface area contributed by atoms with Crippen molar-refractivity contribution in [3.05, 3.63) is 70.3 Å². The molecule has 1 atom stereocenters. The summed E-state index contributed by atoms with van der Waals surface area (Å²) < 4.78 is 32.5. The normalized spacial score (nSPS) is 17.6. The lowest BCUT2D eigenvalue weighted by Crippen LogP contribution is -2.47. The van der Waals surface area contributed by atoms with Gasteiger partial charge in [0.2, 0.25) is 10.0 Å². The third kappa shape index (κ3) is 11.3. The summed E-state index contributed by atoms with van der Waals surface area (Å²) in [5.41, 5.74) is 5.94. The standard InChI is InChI=1S/C38H54ClN3O5S/c1-5-29(37(44)47-6-2)11-9-7-8-10-26-48(45,46)40-36(43)31-14-18-34(19-15-31)42-24-22-41(23-25-42)28-32-27-38(3,4)21-20-35(32)30-12-16-33(39)17-13-30/h12-19,29H,5-11,20-28H2,1-4H3,(H,40,43). The number of benzene rings is 2. The number of hydrogen-bond acceptors (Lipinski definition) is 7. The van der Waals surface area contributed by atoms with Crippen LogP contribution in [0.3, 0.4) is 0 Å². The van der Waals surface area contributed by atoms with Gasteiger partial charge in [0.15, 0.2) is 0 Å². The second-order valence-electron chi connectivity index (χ2n) is 14.1. The molecule has 0 bridgehead atoms. The molecular weight excluding hydrogens is 646 g/mol. The van der Waals surface area contributed by atoms with Gasteiger partial charge in [0, 0.05) is 49.0 Å². The van der Waals surface area contributed by atoms with Crippen LogP contribution in [0.25, 0.3) is 5.57 Å². The van der Waals surface area contributed by atoms with Crippen molar-refractivity contribution >= 4 is 44.8 Å². The highest BCUT2D eigenvalue weighted by molar-refractivity contribution is 7.90. The lowest BCUT2D eigenvalue weighted by atomic mass is 9.73. The van der Waals surface area contributed by atoms with Crippen LogP contribution in [0.15, 0.2) is 54.1 Å². The highest BCUT2D eigenvalue weighted by Gasteiger charge is 2.29. The van der Waals surface area contributed by atoms with Crippen molar-refractivity contribution in [3.63, 3.8) is 0 Å². The van der Waals surface area contributed by atoms with Gasteiger partial charge >= 0.3 is 5.97 Å². The molecule has 0 radical (unpaired) electrons. The van der Waals surface area contributed by atoms with Crippen LogP contribution >= 0.6 is 11.6 Å². The van der Waals surface area contributed by atoms with Crippen molar-refractivity contribution in [1.29, 1.82) is 0 Å². The molecule has 0 aromatic heterocycles. The maximum Gasteiger partial charge on any atom is 0.308 e. The minimum absolute atomic E-state index is 0.101. The molecule has 1 aliphatic carbocycles. The Balaban J connectivity index is 1.22. The van der Waals surface area contributed by atoms with E-state index in [-0.39, 0.29) is 17.6 Å². The minimum Gasteiger partial charge on any atom is -0.466 e. The fourth-order valence-corrected chi connectivity index (χ4v) is 8.07. The summed E-state index contributed by atoms with van der Waals surface area (Å²) >= 11 is 6.17. The Hall–Kier alpha value is -2.88. The van der Waals surface area contributed by atoms with Crippen LogP contribution in [0.2, 0.25) is 5.02 Å². The van der Waals surface area contributed by atoms with E-state index in [4.69, 9.17) is 16.3 Å². The van der Waals surface area contributed by atoms with Gasteiger partial charge in [-0.15, -0.1) is 0 Å². The highest BCUT2D eigenvalue weighted by Crippen LogP contribution is 2.43. The van der Waals surface area contributed by atoms with Crippen molar-refractivity contribution in [2.24, 2.45) is 11.3 Å². The number of piperazine rings is 1. The number of rotatable bonds is 16. The molecule has 1 aliphatic heterocycles. The third-order valence-electron chi connectivity index (χ3n) is 9.72. The Morgan fingerprint density at radius 3 is 2.25 bits per heavy atom. The van der Waals surface area contributed by atoms with Gasteiger partial charge in [0.25, 0.3) is 5.91 Å². The summed E-state index contributed by atoms with van der Waals surface area (Å²) in [6.07, 6.45) is 7.70. The smallest absolute Gasteiger partial charge is 0.308 e. The number of ether oxygens (including phenoxy) is 1. The second kappa shape index (κ2) is 17.7. The molecule has 48 heavy (non-hydrogen) atoms. The minimum atomic E-state index is -3.74. The fourth-order valence-electron chi connectivity index (χ4n) is 6.86. The average Bonchev–Trinajstić information content (AvgIpc) is 3.05. The molecule has 2 aromatic carbocycles. The topological polar surface area (TPSA) is 96.0 Å². The van der Waals surface area contributed by atoms with Crippen LogP contribution in [0.4, 0.5) is 5.69 Å². The molecule has 1 fully saturated rings. The van der Waals surface area contributed by atoms with Crippen LogP contribution < -0.4 is 9.62 Å². The molecule has 2 aliphatic rings. The first-order valence-corrected chi connectivity index (χ1v) is 19.7. The Morgan fingerprint density at radius 1 is 0.938 bits per heavy atom. The molecule has 0 spiro atoms. The zero-order chi connectivity index (χ0) is 34.7. The van der Waals surface area contributed by atoms with Gasteiger partial charge in [-0.05, 0) is 98.4 Å². The van der Waals surface area contributed by atoms with E-state index in [0.717, 1.165) is 88.4 Å². The van der Waals surface area contributed by atoms with Crippen molar-refractivity contribution in [2.45, 2.75) is 85.5 Å². The molecule has 1 heterocycles. The first kappa shape index (κ1) is 37.9. The zero-order valence-electron chi connectivity index (χ0n) is 29.2. The van der Waals surface area contributed by atoms with E-state index >= 15 is 0 Å². The Bertz CT molecular complexity index is 1500. The number of unbranched alkanes of at least 4 members (excludes halogenated alkanes) is 3. The van der Waals surface area contributed by atoms with Gasteiger partial charge in [-0.3, -0.25) is 14.5 Å². The first-order valence-electron chi connectivity index (χ1n) is 17.7. The molecule has 1 N–H and O–H groups in total. The Kier molecular flexibility index (Phi) is 14.0. The molecule has 10 heteroatoms. The molecule has 264 valence electrons. The van der Waals surface area contributed by atoms with Gasteiger partial charge in [-0.1, -0.05) is 69.3 Å². The predicted molar refractivity (Wildman–Crippen MR) is 196 cm³/mol. The third-order valence-corrected chi connectivity index (χ3v) is 11.3. The summed E-state index contributed by atoms with van der Waals surface area (Å²) in [4.78, 5) is 29.6. The molecule has 1 saturated heterocycles. The number of anilines is 1. The lowest BCUT2D eigenvalue weighted by molar-refractivity contribution is -0.148. The summed E-state index contributed by atoms with van der Waals surface area (Å²) in [5.74, 6) is -0.966. The maximum absolute atomic E-state index is 12.8. The molecule has 2 aromatic rings. The summed E-state index contributed by atoms with van der Waals surface area (Å²) in [6.45, 7) is 13.5. The van der Waals surface area contributed by atoms with Gasteiger partial charge in [0.1, 0.15) is 0 Å². The summed E-state index contributed by atoms with van der Waals surface area (Å²) in [7, 11) is -3.74. The highest BCUT2D eigenvalue weighted by atomic mass is 35.5. The number of nitrogens with one attached hydrogen (secondary N) is 1. The van der Waals surface area contributed by atoms with Crippen LogP contribution in [-0.2, 0) is 19.6 Å². The van der Waals surface area contributed by atoms with Crippen LogP contribution in [-0.4, -0.2) is 70.3 Å². The summed E-state index contributed by atoms with van der Waals surface area (Å²) in [6, 6.07) is 15.5. The first-order chi connectivity index (χ1) is 22.9. The maximum atomic E-state index is 12.8. The zero-order valence-corrected chi connectivity index (χ0v) is 30.8. The quantitative estimate of drug-likeness (QED) is 0.142. The van der Waals surface area contributed by atoms with E-state index in [1.807, 2.05) is 31.2 Å². The van der Waals surface area contributed by atoms with Gasteiger partial charge in [0.05, 0.1) is 18.3 Å². The van der Waals surface area contributed by atoms with E-state index in [2.05, 4.69) is 40.5 Å². The van der Waals surface area contributed by atoms with Crippen molar-refractivity contribution in [3.8, 4) is 0 Å². The van der Waals surface area contributed by atoms with Gasteiger partial charge in [-0.2, -0.15) is 0 Å². The van der Waals surface area contributed by atoms with E-state index in [1.165, 1.54) is 23.1 Å². The van der Waals surface area contributed by atoms with E-state index < -0.39 is 15.9 Å². The Morgan fingerprint density at radius 2 is 1.60 bits per heavy atom. The molecule has 8 nitrogen and oxygen atoms in total. The lowest BCUT2D eigenvalue weighted by Gasteiger charge is -2.39. The van der Waals surface area contributed by atoms with E-state index in [0.29, 0.717) is 24.0 Å².